The van der Waals surface area contributed by atoms with E-state index in [0.717, 1.165) is 39.6 Å². The second-order valence-electron chi connectivity index (χ2n) is 7.45. The predicted molar refractivity (Wildman–Crippen MR) is 124 cm³/mol. The van der Waals surface area contributed by atoms with Crippen LogP contribution in [-0.4, -0.2) is 11.6 Å². The number of hydrogen-bond acceptors (Lipinski definition) is 3. The Bertz CT molecular complexity index is 1150. The Kier molecular flexibility index (Phi) is 5.44. The fraction of sp³-hybridized carbons (Fsp3) is 0.111. The van der Waals surface area contributed by atoms with Gasteiger partial charge in [0.15, 0.2) is 5.78 Å². The van der Waals surface area contributed by atoms with E-state index in [2.05, 4.69) is 60.4 Å². The lowest BCUT2D eigenvalue weighted by molar-refractivity contribution is -0.112. The van der Waals surface area contributed by atoms with E-state index >= 15 is 0 Å². The van der Waals surface area contributed by atoms with Gasteiger partial charge in [-0.2, -0.15) is 0 Å². The monoisotopic (exact) mass is 392 g/mol. The first kappa shape index (κ1) is 19.6. The maximum absolute atomic E-state index is 12.2. The zero-order valence-electron chi connectivity index (χ0n) is 17.5. The molecule has 3 aromatic carbocycles. The van der Waals surface area contributed by atoms with Gasteiger partial charge in [0.25, 0.3) is 0 Å². The molecule has 0 amide bonds. The average molecular weight is 393 g/mol. The van der Waals surface area contributed by atoms with Gasteiger partial charge in [0, 0.05) is 22.9 Å². The number of aryl methyl sites for hydroxylation is 1. The van der Waals surface area contributed by atoms with Crippen LogP contribution in [0.25, 0.3) is 5.70 Å². The van der Waals surface area contributed by atoms with Crippen molar-refractivity contribution in [3.05, 3.63) is 119 Å². The number of benzene rings is 3. The molecular formula is C27H24N2O. The van der Waals surface area contributed by atoms with Crippen LogP contribution in [0, 0.1) is 6.92 Å². The van der Waals surface area contributed by atoms with Crippen LogP contribution in [0.15, 0.2) is 107 Å². The molecule has 30 heavy (non-hydrogen) atoms. The first-order chi connectivity index (χ1) is 14.5. The number of nitrogens with zero attached hydrogens (tertiary/aromatic N) is 2. The number of carbonyl (C=O) groups is 1. The molecule has 0 fully saturated rings. The third-order valence-corrected chi connectivity index (χ3v) is 5.12. The van der Waals surface area contributed by atoms with E-state index in [9.17, 15) is 4.79 Å². The molecule has 1 heterocycles. The van der Waals surface area contributed by atoms with E-state index < -0.39 is 0 Å². The van der Waals surface area contributed by atoms with Crippen molar-refractivity contribution in [3.63, 3.8) is 0 Å². The molecule has 0 aliphatic carbocycles. The molecule has 3 nitrogen and oxygen atoms in total. The quantitative estimate of drug-likeness (QED) is 0.498. The fourth-order valence-corrected chi connectivity index (χ4v) is 3.62. The number of amidine groups is 1. The van der Waals surface area contributed by atoms with Gasteiger partial charge in [0.1, 0.15) is 5.84 Å². The largest absolute Gasteiger partial charge is 0.295 e. The van der Waals surface area contributed by atoms with Gasteiger partial charge in [0.05, 0.1) is 11.4 Å². The summed E-state index contributed by atoms with van der Waals surface area (Å²) in [6.45, 7) is 5.68. The summed E-state index contributed by atoms with van der Waals surface area (Å²) in [6, 6.07) is 28.5. The third kappa shape index (κ3) is 3.87. The Hall–Kier alpha value is -3.72. The van der Waals surface area contributed by atoms with E-state index in [-0.39, 0.29) is 5.78 Å². The number of allylic oxidation sites excluding steroid dienone is 2. The second-order valence-corrected chi connectivity index (χ2v) is 7.45. The summed E-state index contributed by atoms with van der Waals surface area (Å²) < 4.78 is 0. The van der Waals surface area contributed by atoms with Crippen molar-refractivity contribution >= 4 is 23.0 Å². The number of aliphatic imine (C=N–C) groups is 1. The molecule has 4 rings (SSSR count). The molecule has 0 saturated carbocycles. The van der Waals surface area contributed by atoms with Crippen molar-refractivity contribution in [2.75, 3.05) is 4.90 Å². The summed E-state index contributed by atoms with van der Waals surface area (Å²) in [5, 5.41) is 0. The molecule has 3 aromatic rings. The highest BCUT2D eigenvalue weighted by Crippen LogP contribution is 2.36. The summed E-state index contributed by atoms with van der Waals surface area (Å²) in [4.78, 5) is 19.4. The second kappa shape index (κ2) is 8.34. The highest BCUT2D eigenvalue weighted by atomic mass is 16.1. The van der Waals surface area contributed by atoms with Crippen molar-refractivity contribution in [1.29, 1.82) is 0 Å². The summed E-state index contributed by atoms with van der Waals surface area (Å²) in [7, 11) is 0. The number of carbonyl (C=O) groups excluding carboxylic acids is 1. The van der Waals surface area contributed by atoms with Crippen LogP contribution in [0.5, 0.6) is 0 Å². The van der Waals surface area contributed by atoms with Crippen molar-refractivity contribution < 1.29 is 4.79 Å². The molecule has 0 N–H and O–H groups in total. The van der Waals surface area contributed by atoms with Crippen molar-refractivity contribution in [2.45, 2.75) is 20.8 Å². The molecule has 0 saturated heterocycles. The van der Waals surface area contributed by atoms with Gasteiger partial charge in [-0.1, -0.05) is 78.4 Å². The molecule has 0 aromatic heterocycles. The van der Waals surface area contributed by atoms with Crippen LogP contribution in [-0.2, 0) is 4.79 Å². The molecule has 0 bridgehead atoms. The summed E-state index contributed by atoms with van der Waals surface area (Å²) in [6.07, 6.45) is 1.70. The van der Waals surface area contributed by atoms with Gasteiger partial charge in [-0.15, -0.1) is 0 Å². The number of rotatable bonds is 4. The molecule has 148 valence electrons. The molecule has 3 heteroatoms. The SMILES string of the molecule is CC(=O)/C=C1\C(C)=C(c2ccccc2)N=C(c2ccccc2)N1c1ccc(C)cc1. The van der Waals surface area contributed by atoms with Crippen LogP contribution < -0.4 is 4.90 Å². The van der Waals surface area contributed by atoms with Gasteiger partial charge >= 0.3 is 0 Å². The average Bonchev–Trinajstić information content (AvgIpc) is 2.77. The summed E-state index contributed by atoms with van der Waals surface area (Å²) in [5.74, 6) is 0.805. The van der Waals surface area contributed by atoms with E-state index in [1.807, 2.05) is 43.3 Å². The normalized spacial score (nSPS) is 15.4. The molecule has 0 atom stereocenters. The lowest BCUT2D eigenvalue weighted by Crippen LogP contribution is -2.35. The van der Waals surface area contributed by atoms with Crippen LogP contribution in [0.1, 0.15) is 30.5 Å². The molecule has 0 spiro atoms. The van der Waals surface area contributed by atoms with Gasteiger partial charge in [-0.25, -0.2) is 4.99 Å². The molecule has 0 radical (unpaired) electrons. The Morgan fingerprint density at radius 1 is 0.800 bits per heavy atom. The molecule has 1 aliphatic heterocycles. The number of anilines is 1. The highest BCUT2D eigenvalue weighted by molar-refractivity contribution is 6.17. The zero-order valence-corrected chi connectivity index (χ0v) is 17.5. The fourth-order valence-electron chi connectivity index (χ4n) is 3.62. The Labute approximate surface area is 177 Å². The van der Waals surface area contributed by atoms with Gasteiger partial charge in [-0.05, 0) is 38.5 Å². The number of hydrogen-bond donors (Lipinski definition) is 0. The first-order valence-electron chi connectivity index (χ1n) is 10.0. The van der Waals surface area contributed by atoms with Gasteiger partial charge in [-0.3, -0.25) is 9.69 Å². The van der Waals surface area contributed by atoms with Crippen molar-refractivity contribution in [2.24, 2.45) is 4.99 Å². The Balaban J connectivity index is 2.00. The molecule has 1 aliphatic rings. The van der Waals surface area contributed by atoms with E-state index in [1.54, 1.807) is 13.0 Å². The van der Waals surface area contributed by atoms with Crippen LogP contribution in [0.4, 0.5) is 5.69 Å². The smallest absolute Gasteiger partial charge is 0.154 e. The summed E-state index contributed by atoms with van der Waals surface area (Å²) in [5.41, 5.74) is 6.88. The maximum atomic E-state index is 12.2. The zero-order chi connectivity index (χ0) is 21.1. The minimum absolute atomic E-state index is 0.00295. The lowest BCUT2D eigenvalue weighted by atomic mass is 9.99. The maximum Gasteiger partial charge on any atom is 0.154 e. The van der Waals surface area contributed by atoms with E-state index in [0.29, 0.717) is 0 Å². The number of ketones is 1. The van der Waals surface area contributed by atoms with E-state index in [1.165, 1.54) is 5.56 Å². The predicted octanol–water partition coefficient (Wildman–Crippen LogP) is 6.17. The van der Waals surface area contributed by atoms with Crippen molar-refractivity contribution in [3.8, 4) is 0 Å². The third-order valence-electron chi connectivity index (χ3n) is 5.12. The molecular weight excluding hydrogens is 368 g/mol. The van der Waals surface area contributed by atoms with E-state index in [4.69, 9.17) is 4.99 Å². The van der Waals surface area contributed by atoms with Crippen LogP contribution in [0.2, 0.25) is 0 Å². The highest BCUT2D eigenvalue weighted by Gasteiger charge is 2.28. The Morgan fingerprint density at radius 3 is 1.93 bits per heavy atom. The first-order valence-corrected chi connectivity index (χ1v) is 10.0. The minimum atomic E-state index is 0.00295. The van der Waals surface area contributed by atoms with Crippen LogP contribution >= 0.6 is 0 Å². The Morgan fingerprint density at radius 2 is 1.37 bits per heavy atom. The van der Waals surface area contributed by atoms with Gasteiger partial charge in [0.2, 0.25) is 0 Å². The molecule has 0 unspecified atom stereocenters. The van der Waals surface area contributed by atoms with Gasteiger partial charge < -0.3 is 0 Å². The minimum Gasteiger partial charge on any atom is -0.295 e. The lowest BCUT2D eigenvalue weighted by Gasteiger charge is -2.34. The topological polar surface area (TPSA) is 32.7 Å². The summed E-state index contributed by atoms with van der Waals surface area (Å²) >= 11 is 0. The van der Waals surface area contributed by atoms with Crippen LogP contribution in [0.3, 0.4) is 0 Å². The standard InChI is InChI=1S/C27H24N2O/c1-19-14-16-24(17-15-19)29-25(18-20(2)30)21(3)26(22-10-6-4-7-11-22)28-27(29)23-12-8-5-9-13-23/h4-18H,1-3H3/b25-18+. The van der Waals surface area contributed by atoms with Crippen molar-refractivity contribution in [1.82, 2.24) is 0 Å².